The molecule has 2 aromatic rings. The summed E-state index contributed by atoms with van der Waals surface area (Å²) in [7, 11) is 0. The van der Waals surface area contributed by atoms with E-state index in [2.05, 4.69) is 35.4 Å². The largest absolute Gasteiger partial charge is 0.333 e. The highest BCUT2D eigenvalue weighted by Gasteiger charge is 2.69. The Morgan fingerprint density at radius 2 is 2.03 bits per heavy atom. The van der Waals surface area contributed by atoms with Gasteiger partial charge >= 0.3 is 0 Å². The normalized spacial score (nSPS) is 25.6. The van der Waals surface area contributed by atoms with Crippen LogP contribution in [0.2, 0.25) is 0 Å². The molecular formula is C23H28N6O2. The number of amides is 2. The summed E-state index contributed by atoms with van der Waals surface area (Å²) in [6.45, 7) is 8.53. The van der Waals surface area contributed by atoms with Gasteiger partial charge in [0.2, 0.25) is 11.8 Å². The zero-order chi connectivity index (χ0) is 22.5. The standard InChI is InChI=1S/C23H28N6O2/c1-12(2)18(25)22(31)29-11-15-17(23(15,3)4)20(29)21(30)27-16(9-24)19-14-8-6-5-7-13(14)10-26-28-19/h5-8,10,12,15-18,20H,11,25H2,1-4H3,(H,27,30)/t15-,16?,17-,18?,20-/m0/s1. The number of hydrogen-bond donors (Lipinski definition) is 2. The maximum Gasteiger partial charge on any atom is 0.244 e. The quantitative estimate of drug-likeness (QED) is 0.759. The van der Waals surface area contributed by atoms with Crippen LogP contribution in [0.25, 0.3) is 10.8 Å². The molecule has 2 aliphatic rings. The highest BCUT2D eigenvalue weighted by Crippen LogP contribution is 2.65. The van der Waals surface area contributed by atoms with E-state index in [1.165, 1.54) is 0 Å². The number of nitrogens with one attached hydrogen (secondary N) is 1. The molecule has 1 aromatic carbocycles. The van der Waals surface area contributed by atoms with Gasteiger partial charge in [0.15, 0.2) is 6.04 Å². The van der Waals surface area contributed by atoms with Crippen LogP contribution in [0.5, 0.6) is 0 Å². The summed E-state index contributed by atoms with van der Waals surface area (Å²) in [5, 5.41) is 22.4. The average Bonchev–Trinajstić information content (AvgIpc) is 3.10. The van der Waals surface area contributed by atoms with E-state index in [0.29, 0.717) is 12.2 Å². The molecule has 0 spiro atoms. The van der Waals surface area contributed by atoms with Gasteiger partial charge in [0, 0.05) is 17.3 Å². The molecule has 1 aliphatic heterocycles. The molecule has 1 aromatic heterocycles. The third-order valence-electron chi connectivity index (χ3n) is 7.05. The number of carbonyl (C=O) groups excluding carboxylic acids is 2. The number of nitrogens with zero attached hydrogens (tertiary/aromatic N) is 4. The second-order valence-electron chi connectivity index (χ2n) is 9.55. The van der Waals surface area contributed by atoms with Crippen molar-refractivity contribution in [3.63, 3.8) is 0 Å². The molecule has 1 saturated heterocycles. The molecular weight excluding hydrogens is 392 g/mol. The number of carbonyl (C=O) groups is 2. The molecule has 8 nitrogen and oxygen atoms in total. The number of likely N-dealkylation sites (tertiary alicyclic amines) is 1. The van der Waals surface area contributed by atoms with Gasteiger partial charge in [-0.05, 0) is 23.2 Å². The Balaban J connectivity index is 1.61. The number of rotatable bonds is 5. The number of nitrogens with two attached hydrogens (primary N) is 1. The monoisotopic (exact) mass is 420 g/mol. The Morgan fingerprint density at radius 3 is 2.71 bits per heavy atom. The number of hydrogen-bond acceptors (Lipinski definition) is 6. The third kappa shape index (κ3) is 3.43. The first-order valence-corrected chi connectivity index (χ1v) is 10.6. The van der Waals surface area contributed by atoms with Crippen molar-refractivity contribution in [1.82, 2.24) is 20.4 Å². The number of benzene rings is 1. The van der Waals surface area contributed by atoms with E-state index in [9.17, 15) is 14.9 Å². The Bertz CT molecular complexity index is 1070. The number of nitriles is 1. The minimum atomic E-state index is -0.970. The summed E-state index contributed by atoms with van der Waals surface area (Å²) in [5.41, 5.74) is 6.49. The van der Waals surface area contributed by atoms with Crippen molar-refractivity contribution < 1.29 is 9.59 Å². The van der Waals surface area contributed by atoms with Gasteiger partial charge in [-0.1, -0.05) is 52.0 Å². The van der Waals surface area contributed by atoms with Gasteiger partial charge in [0.1, 0.15) is 11.7 Å². The van der Waals surface area contributed by atoms with Crippen LogP contribution in [0.15, 0.2) is 30.5 Å². The van der Waals surface area contributed by atoms with E-state index in [-0.39, 0.29) is 35.0 Å². The molecule has 0 radical (unpaired) electrons. The molecule has 4 rings (SSSR count). The predicted octanol–water partition coefficient (Wildman–Crippen LogP) is 1.78. The van der Waals surface area contributed by atoms with Crippen molar-refractivity contribution in [3.8, 4) is 6.07 Å². The van der Waals surface area contributed by atoms with Gasteiger partial charge in [-0.15, -0.1) is 0 Å². The van der Waals surface area contributed by atoms with Gasteiger partial charge < -0.3 is 16.0 Å². The molecule has 162 valence electrons. The Kier molecular flexibility index (Phi) is 5.18. The summed E-state index contributed by atoms with van der Waals surface area (Å²) in [5.74, 6) is -0.280. The summed E-state index contributed by atoms with van der Waals surface area (Å²) in [4.78, 5) is 28.0. The van der Waals surface area contributed by atoms with Gasteiger partial charge in [-0.3, -0.25) is 9.59 Å². The summed E-state index contributed by atoms with van der Waals surface area (Å²) >= 11 is 0. The fourth-order valence-electron chi connectivity index (χ4n) is 4.94. The first-order valence-electron chi connectivity index (χ1n) is 10.6. The zero-order valence-corrected chi connectivity index (χ0v) is 18.2. The molecule has 2 amide bonds. The highest BCUT2D eigenvalue weighted by molar-refractivity contribution is 5.92. The maximum absolute atomic E-state index is 13.4. The molecule has 2 heterocycles. The average molecular weight is 421 g/mol. The van der Waals surface area contributed by atoms with Crippen molar-refractivity contribution in [2.75, 3.05) is 6.54 Å². The minimum absolute atomic E-state index is 0.0257. The molecule has 1 saturated carbocycles. The second kappa shape index (κ2) is 7.57. The van der Waals surface area contributed by atoms with Gasteiger partial charge in [-0.2, -0.15) is 15.5 Å². The Morgan fingerprint density at radius 1 is 1.32 bits per heavy atom. The molecule has 3 N–H and O–H groups in total. The maximum atomic E-state index is 13.4. The molecule has 8 heteroatoms. The lowest BCUT2D eigenvalue weighted by Gasteiger charge is -2.33. The molecule has 31 heavy (non-hydrogen) atoms. The van der Waals surface area contributed by atoms with Crippen LogP contribution in [-0.4, -0.2) is 45.5 Å². The Hall–Kier alpha value is -3.05. The summed E-state index contributed by atoms with van der Waals surface area (Å²) < 4.78 is 0. The third-order valence-corrected chi connectivity index (χ3v) is 7.05. The Labute approximate surface area is 181 Å². The van der Waals surface area contributed by atoms with Crippen molar-refractivity contribution in [2.24, 2.45) is 28.9 Å². The van der Waals surface area contributed by atoms with Gasteiger partial charge in [-0.25, -0.2) is 0 Å². The van der Waals surface area contributed by atoms with E-state index >= 15 is 0 Å². The van der Waals surface area contributed by atoms with E-state index in [0.717, 1.165) is 10.8 Å². The van der Waals surface area contributed by atoms with Crippen molar-refractivity contribution >= 4 is 22.6 Å². The van der Waals surface area contributed by atoms with Crippen molar-refractivity contribution in [2.45, 2.75) is 45.8 Å². The van der Waals surface area contributed by atoms with Crippen LogP contribution in [0, 0.1) is 34.5 Å². The van der Waals surface area contributed by atoms with Crippen molar-refractivity contribution in [3.05, 3.63) is 36.2 Å². The molecule has 2 unspecified atom stereocenters. The van der Waals surface area contributed by atoms with Crippen LogP contribution in [0.1, 0.15) is 39.4 Å². The molecule has 1 aliphatic carbocycles. The lowest BCUT2D eigenvalue weighted by atomic mass is 9.97. The second-order valence-corrected chi connectivity index (χ2v) is 9.55. The first kappa shape index (κ1) is 21.2. The van der Waals surface area contributed by atoms with Crippen molar-refractivity contribution in [1.29, 1.82) is 5.26 Å². The molecule has 5 atom stereocenters. The van der Waals surface area contributed by atoms with Gasteiger partial charge in [0.05, 0.1) is 18.3 Å². The van der Waals surface area contributed by atoms with Crippen LogP contribution in [-0.2, 0) is 9.59 Å². The first-order chi connectivity index (χ1) is 14.7. The predicted molar refractivity (Wildman–Crippen MR) is 115 cm³/mol. The highest BCUT2D eigenvalue weighted by atomic mass is 16.2. The smallest absolute Gasteiger partial charge is 0.244 e. The lowest BCUT2D eigenvalue weighted by molar-refractivity contribution is -0.142. The van der Waals surface area contributed by atoms with E-state index in [1.807, 2.05) is 38.1 Å². The summed E-state index contributed by atoms with van der Waals surface area (Å²) in [6.07, 6.45) is 1.62. The number of piperidine rings is 1. The van der Waals surface area contributed by atoms with E-state index in [4.69, 9.17) is 5.73 Å². The fourth-order valence-corrected chi connectivity index (χ4v) is 4.94. The van der Waals surface area contributed by atoms with Crippen LogP contribution >= 0.6 is 0 Å². The minimum Gasteiger partial charge on any atom is -0.333 e. The molecule has 2 fully saturated rings. The fraction of sp³-hybridized carbons (Fsp3) is 0.522. The molecule has 0 bridgehead atoms. The van der Waals surface area contributed by atoms with E-state index < -0.39 is 18.1 Å². The zero-order valence-electron chi connectivity index (χ0n) is 18.2. The SMILES string of the molecule is CC(C)C(N)C(=O)N1C[C@H]2[C@@H]([C@H]1C(=O)NC(C#N)c1nncc3ccccc13)C2(C)C. The number of fused-ring (bicyclic) bond motifs is 2. The topological polar surface area (TPSA) is 125 Å². The van der Waals surface area contributed by atoms with Crippen LogP contribution < -0.4 is 11.1 Å². The van der Waals surface area contributed by atoms with E-state index in [1.54, 1.807) is 11.1 Å². The van der Waals surface area contributed by atoms with Gasteiger partial charge in [0.25, 0.3) is 0 Å². The van der Waals surface area contributed by atoms with Crippen LogP contribution in [0.3, 0.4) is 0 Å². The van der Waals surface area contributed by atoms with Crippen LogP contribution in [0.4, 0.5) is 0 Å². The summed E-state index contributed by atoms with van der Waals surface area (Å²) in [6, 6.07) is 7.33. The lowest BCUT2D eigenvalue weighted by Crippen LogP contribution is -2.55. The number of aromatic nitrogens is 2.